The Hall–Kier alpha value is -2.77. The van der Waals surface area contributed by atoms with Crippen LogP contribution in [0.2, 0.25) is 0 Å². The molecule has 1 saturated heterocycles. The van der Waals surface area contributed by atoms with Crippen LogP contribution in [0.5, 0.6) is 0 Å². The van der Waals surface area contributed by atoms with E-state index in [1.165, 1.54) is 0 Å². The number of nitrogens with two attached hydrogens (primary N) is 1. The first kappa shape index (κ1) is 26.3. The van der Waals surface area contributed by atoms with Crippen molar-refractivity contribution in [3.63, 3.8) is 0 Å². The number of nitrogens with one attached hydrogen (secondary N) is 1. The van der Waals surface area contributed by atoms with Crippen LogP contribution >= 0.6 is 0 Å². The number of amides is 1. The maximum absolute atomic E-state index is 13.0. The Morgan fingerprint density at radius 1 is 1.00 bits per heavy atom. The molecule has 2 aromatic carbocycles. The first-order chi connectivity index (χ1) is 17.2. The molecular weight excluding hydrogens is 474 g/mol. The van der Waals surface area contributed by atoms with Crippen LogP contribution in [-0.4, -0.2) is 68.3 Å². The van der Waals surface area contributed by atoms with Crippen LogP contribution in [0.4, 0.5) is 0 Å². The molecule has 0 spiro atoms. The minimum absolute atomic E-state index is 0.239. The first-order valence-corrected chi connectivity index (χ1v) is 14.0. The third-order valence-corrected chi connectivity index (χ3v) is 9.25. The fraction of sp³-hybridized carbons (Fsp3) is 0.481. The van der Waals surface area contributed by atoms with Crippen molar-refractivity contribution in [1.29, 1.82) is 5.26 Å². The lowest BCUT2D eigenvalue weighted by molar-refractivity contribution is -0.127. The summed E-state index contributed by atoms with van der Waals surface area (Å²) in [6, 6.07) is 16.2. The van der Waals surface area contributed by atoms with Gasteiger partial charge in [0.1, 0.15) is 6.04 Å². The van der Waals surface area contributed by atoms with Gasteiger partial charge in [-0.05, 0) is 48.7 Å². The molecule has 1 aliphatic heterocycles. The number of hydrogen-bond acceptors (Lipinski definition) is 6. The molecule has 1 heterocycles. The minimum atomic E-state index is -3.50. The highest BCUT2D eigenvalue weighted by atomic mass is 32.2. The van der Waals surface area contributed by atoms with E-state index in [-0.39, 0.29) is 5.91 Å². The molecule has 2 fully saturated rings. The predicted octanol–water partition coefficient (Wildman–Crippen LogP) is 2.50. The van der Waals surface area contributed by atoms with Gasteiger partial charge < -0.3 is 16.0 Å². The van der Waals surface area contributed by atoms with Crippen molar-refractivity contribution in [3.8, 4) is 17.2 Å². The molecule has 1 atom stereocenters. The van der Waals surface area contributed by atoms with Crippen molar-refractivity contribution in [2.24, 2.45) is 5.73 Å². The van der Waals surface area contributed by atoms with E-state index in [1.54, 1.807) is 16.4 Å². The van der Waals surface area contributed by atoms with Gasteiger partial charge in [-0.1, -0.05) is 55.7 Å². The number of nitriles is 1. The number of rotatable bonds is 7. The van der Waals surface area contributed by atoms with Gasteiger partial charge in [0.25, 0.3) is 0 Å². The number of likely N-dealkylation sites (N-methyl/N-ethyl adjacent to an activating group) is 1. The van der Waals surface area contributed by atoms with Gasteiger partial charge >= 0.3 is 0 Å². The molecular formula is C27H35N5O3S. The van der Waals surface area contributed by atoms with Crippen LogP contribution in [0, 0.1) is 11.3 Å². The van der Waals surface area contributed by atoms with E-state index in [0.717, 1.165) is 49.0 Å². The molecule has 1 amide bonds. The summed E-state index contributed by atoms with van der Waals surface area (Å²) in [4.78, 5) is 15.1. The highest BCUT2D eigenvalue weighted by Crippen LogP contribution is 2.27. The fourth-order valence-corrected chi connectivity index (χ4v) is 6.33. The van der Waals surface area contributed by atoms with Crippen LogP contribution in [0.1, 0.15) is 37.7 Å². The SMILES string of the molecule is CN1CCN(S(=O)(=O)c2ccc(-c3ccc(CC(C#N)NC(=O)C4(N)CCCCC4)cc3)cc2)CC1. The zero-order valence-corrected chi connectivity index (χ0v) is 21.6. The average molecular weight is 510 g/mol. The average Bonchev–Trinajstić information content (AvgIpc) is 2.89. The molecule has 1 aliphatic carbocycles. The Balaban J connectivity index is 1.38. The molecule has 4 rings (SSSR count). The lowest BCUT2D eigenvalue weighted by atomic mass is 9.81. The Labute approximate surface area is 214 Å². The van der Waals surface area contributed by atoms with Gasteiger partial charge in [0.05, 0.1) is 16.5 Å². The minimum Gasteiger partial charge on any atom is -0.338 e. The van der Waals surface area contributed by atoms with Crippen molar-refractivity contribution in [1.82, 2.24) is 14.5 Å². The molecule has 8 nitrogen and oxygen atoms in total. The molecule has 1 saturated carbocycles. The number of carbonyl (C=O) groups is 1. The van der Waals surface area contributed by atoms with Crippen molar-refractivity contribution in [2.75, 3.05) is 33.2 Å². The molecule has 0 bridgehead atoms. The fourth-order valence-electron chi connectivity index (χ4n) is 4.91. The zero-order chi connectivity index (χ0) is 25.8. The summed E-state index contributed by atoms with van der Waals surface area (Å²) in [5.41, 5.74) is 8.21. The highest BCUT2D eigenvalue weighted by Gasteiger charge is 2.36. The molecule has 192 valence electrons. The molecule has 2 aliphatic rings. The van der Waals surface area contributed by atoms with Crippen LogP contribution in [0.25, 0.3) is 11.1 Å². The molecule has 36 heavy (non-hydrogen) atoms. The number of piperazine rings is 1. The molecule has 0 aromatic heterocycles. The van der Waals surface area contributed by atoms with Gasteiger partial charge in [-0.25, -0.2) is 8.42 Å². The van der Waals surface area contributed by atoms with Crippen molar-refractivity contribution < 1.29 is 13.2 Å². The predicted molar refractivity (Wildman–Crippen MR) is 139 cm³/mol. The topological polar surface area (TPSA) is 120 Å². The lowest BCUT2D eigenvalue weighted by Gasteiger charge is -2.32. The maximum atomic E-state index is 13.0. The van der Waals surface area contributed by atoms with E-state index < -0.39 is 21.6 Å². The standard InChI is InChI=1S/C27H35N5O3S/c1-31-15-17-32(18-16-31)36(34,35)25-11-9-23(10-12-25)22-7-5-21(6-8-22)19-24(20-28)30-26(33)27(29)13-3-2-4-14-27/h5-12,24H,2-4,13-19,29H2,1H3,(H,30,33). The summed E-state index contributed by atoms with van der Waals surface area (Å²) >= 11 is 0. The van der Waals surface area contributed by atoms with E-state index in [4.69, 9.17) is 5.73 Å². The first-order valence-electron chi connectivity index (χ1n) is 12.6. The third-order valence-electron chi connectivity index (χ3n) is 7.34. The lowest BCUT2D eigenvalue weighted by Crippen LogP contribution is -2.57. The van der Waals surface area contributed by atoms with E-state index in [0.29, 0.717) is 37.2 Å². The normalized spacial score (nSPS) is 19.8. The summed E-state index contributed by atoms with van der Waals surface area (Å²) in [5.74, 6) is -0.239. The van der Waals surface area contributed by atoms with E-state index >= 15 is 0 Å². The third kappa shape index (κ3) is 5.95. The van der Waals surface area contributed by atoms with E-state index in [1.807, 2.05) is 43.4 Å². The summed E-state index contributed by atoms with van der Waals surface area (Å²) in [6.45, 7) is 2.46. The second-order valence-electron chi connectivity index (χ2n) is 10.0. The van der Waals surface area contributed by atoms with Gasteiger partial charge in [-0.2, -0.15) is 9.57 Å². The number of benzene rings is 2. The monoisotopic (exact) mass is 509 g/mol. The molecule has 9 heteroatoms. The van der Waals surface area contributed by atoms with Gasteiger partial charge in [0.15, 0.2) is 0 Å². The van der Waals surface area contributed by atoms with Crippen molar-refractivity contribution in [3.05, 3.63) is 54.1 Å². The van der Waals surface area contributed by atoms with E-state index in [2.05, 4.69) is 16.3 Å². The Morgan fingerprint density at radius 2 is 1.56 bits per heavy atom. The summed E-state index contributed by atoms with van der Waals surface area (Å²) < 4.78 is 27.5. The van der Waals surface area contributed by atoms with Crippen molar-refractivity contribution in [2.45, 2.75) is 55.0 Å². The smallest absolute Gasteiger partial charge is 0.243 e. The molecule has 0 radical (unpaired) electrons. The number of carbonyl (C=O) groups excluding carboxylic acids is 1. The second-order valence-corrected chi connectivity index (χ2v) is 11.9. The molecule has 1 unspecified atom stereocenters. The van der Waals surface area contributed by atoms with Crippen LogP contribution in [0.15, 0.2) is 53.4 Å². The largest absolute Gasteiger partial charge is 0.338 e. The van der Waals surface area contributed by atoms with Gasteiger partial charge in [0, 0.05) is 32.6 Å². The number of nitrogens with zero attached hydrogens (tertiary/aromatic N) is 3. The molecule has 3 N–H and O–H groups in total. The Morgan fingerprint density at radius 3 is 2.11 bits per heavy atom. The Kier molecular flexibility index (Phi) is 8.10. The second kappa shape index (κ2) is 11.1. The summed E-state index contributed by atoms with van der Waals surface area (Å²) in [5, 5.41) is 12.4. The van der Waals surface area contributed by atoms with Gasteiger partial charge in [-0.3, -0.25) is 4.79 Å². The maximum Gasteiger partial charge on any atom is 0.243 e. The zero-order valence-electron chi connectivity index (χ0n) is 20.8. The van der Waals surface area contributed by atoms with Gasteiger partial charge in [0.2, 0.25) is 15.9 Å². The van der Waals surface area contributed by atoms with Crippen LogP contribution in [0.3, 0.4) is 0 Å². The summed E-state index contributed by atoms with van der Waals surface area (Å²) in [7, 11) is -1.50. The van der Waals surface area contributed by atoms with Gasteiger partial charge in [-0.15, -0.1) is 0 Å². The van der Waals surface area contributed by atoms with E-state index in [9.17, 15) is 18.5 Å². The van der Waals surface area contributed by atoms with Crippen LogP contribution < -0.4 is 11.1 Å². The number of hydrogen-bond donors (Lipinski definition) is 2. The quantitative estimate of drug-likeness (QED) is 0.592. The highest BCUT2D eigenvalue weighted by molar-refractivity contribution is 7.89. The summed E-state index contributed by atoms with van der Waals surface area (Å²) in [6.07, 6.45) is 4.66. The van der Waals surface area contributed by atoms with Crippen molar-refractivity contribution >= 4 is 15.9 Å². The molecule has 2 aromatic rings. The van der Waals surface area contributed by atoms with Crippen LogP contribution in [-0.2, 0) is 21.2 Å². The Bertz CT molecular complexity index is 1190. The number of sulfonamides is 1.